The molecule has 3 rings (SSSR count). The predicted octanol–water partition coefficient (Wildman–Crippen LogP) is 2.10. The normalized spacial score (nSPS) is 16.1. The first-order valence-corrected chi connectivity index (χ1v) is 8.56. The van der Waals surface area contributed by atoms with Crippen molar-refractivity contribution in [2.75, 3.05) is 13.7 Å². The summed E-state index contributed by atoms with van der Waals surface area (Å²) in [5, 5.41) is 7.48. The Morgan fingerprint density at radius 1 is 1.44 bits per heavy atom. The van der Waals surface area contributed by atoms with Gasteiger partial charge in [-0.3, -0.25) is 9.48 Å². The highest BCUT2D eigenvalue weighted by Gasteiger charge is 2.24. The molecule has 1 atom stereocenters. The number of nitrogens with zero attached hydrogens (tertiary/aromatic N) is 2. The van der Waals surface area contributed by atoms with Gasteiger partial charge in [0.1, 0.15) is 6.61 Å². The summed E-state index contributed by atoms with van der Waals surface area (Å²) < 4.78 is 13.0. The summed E-state index contributed by atoms with van der Waals surface area (Å²) in [6.07, 6.45) is 1.91. The molecular weight excluding hydrogens is 318 g/mol. The number of fused-ring (bicyclic) bond motifs is 1. The molecule has 6 nitrogen and oxygen atoms in total. The van der Waals surface area contributed by atoms with Crippen LogP contribution in [-0.4, -0.2) is 35.4 Å². The lowest BCUT2D eigenvalue weighted by Crippen LogP contribution is -2.42. The van der Waals surface area contributed by atoms with E-state index in [2.05, 4.69) is 10.4 Å². The van der Waals surface area contributed by atoms with E-state index in [0.29, 0.717) is 19.4 Å². The molecule has 2 heterocycles. The number of rotatable bonds is 5. The molecule has 1 N–H and O–H groups in total. The van der Waals surface area contributed by atoms with Crippen molar-refractivity contribution in [1.82, 2.24) is 15.1 Å². The summed E-state index contributed by atoms with van der Waals surface area (Å²) >= 11 is 0. The van der Waals surface area contributed by atoms with E-state index in [0.717, 1.165) is 40.4 Å². The van der Waals surface area contributed by atoms with Gasteiger partial charge in [0.25, 0.3) is 0 Å². The van der Waals surface area contributed by atoms with Crippen LogP contribution in [0.1, 0.15) is 28.9 Å². The Morgan fingerprint density at radius 2 is 2.24 bits per heavy atom. The maximum absolute atomic E-state index is 12.3. The Balaban J connectivity index is 1.57. The molecular formula is C19H25N3O3. The third kappa shape index (κ3) is 3.62. The summed E-state index contributed by atoms with van der Waals surface area (Å²) in [5.41, 5.74) is 4.34. The zero-order valence-electron chi connectivity index (χ0n) is 15.3. The van der Waals surface area contributed by atoms with Crippen molar-refractivity contribution in [2.24, 2.45) is 7.05 Å². The van der Waals surface area contributed by atoms with Crippen molar-refractivity contribution in [3.63, 3.8) is 0 Å². The molecule has 0 aliphatic carbocycles. The van der Waals surface area contributed by atoms with Gasteiger partial charge in [-0.2, -0.15) is 5.10 Å². The van der Waals surface area contributed by atoms with Gasteiger partial charge in [-0.15, -0.1) is 0 Å². The molecule has 0 radical (unpaired) electrons. The average molecular weight is 343 g/mol. The predicted molar refractivity (Wildman–Crippen MR) is 95.1 cm³/mol. The minimum Gasteiger partial charge on any atom is -0.493 e. The first kappa shape index (κ1) is 17.3. The quantitative estimate of drug-likeness (QED) is 0.903. The van der Waals surface area contributed by atoms with Gasteiger partial charge in [0, 0.05) is 24.7 Å². The van der Waals surface area contributed by atoms with Crippen LogP contribution in [0, 0.1) is 13.8 Å². The fraction of sp³-hybridized carbons (Fsp3) is 0.474. The molecule has 2 aromatic rings. The molecule has 1 aliphatic rings. The number of para-hydroxylation sites is 1. The van der Waals surface area contributed by atoms with Crippen LogP contribution in [-0.2, 0) is 24.7 Å². The molecule has 0 bridgehead atoms. The van der Waals surface area contributed by atoms with Crippen LogP contribution in [0.15, 0.2) is 18.2 Å². The Hall–Kier alpha value is -2.50. The first-order chi connectivity index (χ1) is 12.0. The number of benzene rings is 1. The van der Waals surface area contributed by atoms with Crippen LogP contribution >= 0.6 is 0 Å². The van der Waals surface area contributed by atoms with Gasteiger partial charge in [-0.25, -0.2) is 0 Å². The Labute approximate surface area is 148 Å². The topological polar surface area (TPSA) is 65.4 Å². The van der Waals surface area contributed by atoms with Crippen molar-refractivity contribution in [3.05, 3.63) is 40.7 Å². The molecule has 0 fully saturated rings. The van der Waals surface area contributed by atoms with E-state index in [1.54, 1.807) is 7.11 Å². The molecule has 1 aromatic carbocycles. The number of carbonyl (C=O) groups excluding carboxylic acids is 1. The molecule has 1 unspecified atom stereocenters. The largest absolute Gasteiger partial charge is 0.493 e. The number of methoxy groups -OCH3 is 1. The molecule has 134 valence electrons. The van der Waals surface area contributed by atoms with Gasteiger partial charge in [0.2, 0.25) is 5.91 Å². The lowest BCUT2D eigenvalue weighted by Gasteiger charge is -2.27. The van der Waals surface area contributed by atoms with Crippen LogP contribution in [0.25, 0.3) is 0 Å². The second-order valence-electron chi connectivity index (χ2n) is 6.50. The van der Waals surface area contributed by atoms with Gasteiger partial charge < -0.3 is 14.8 Å². The fourth-order valence-corrected chi connectivity index (χ4v) is 3.37. The van der Waals surface area contributed by atoms with E-state index in [1.807, 2.05) is 43.8 Å². The molecule has 0 saturated heterocycles. The van der Waals surface area contributed by atoms with E-state index in [4.69, 9.17) is 9.47 Å². The number of amides is 1. The van der Waals surface area contributed by atoms with Crippen LogP contribution < -0.4 is 14.8 Å². The summed E-state index contributed by atoms with van der Waals surface area (Å²) in [6.45, 7) is 4.48. The number of hydrogen-bond donors (Lipinski definition) is 1. The van der Waals surface area contributed by atoms with E-state index < -0.39 is 0 Å². The minimum atomic E-state index is -0.0109. The molecule has 0 spiro atoms. The van der Waals surface area contributed by atoms with E-state index in [9.17, 15) is 4.79 Å². The van der Waals surface area contributed by atoms with Crippen molar-refractivity contribution in [2.45, 2.75) is 39.2 Å². The van der Waals surface area contributed by atoms with Crippen LogP contribution in [0.4, 0.5) is 0 Å². The first-order valence-electron chi connectivity index (χ1n) is 8.56. The molecule has 1 aliphatic heterocycles. The second kappa shape index (κ2) is 7.17. The van der Waals surface area contributed by atoms with Gasteiger partial charge in [-0.1, -0.05) is 12.1 Å². The van der Waals surface area contributed by atoms with Crippen LogP contribution in [0.2, 0.25) is 0 Å². The minimum absolute atomic E-state index is 0.0109. The summed E-state index contributed by atoms with van der Waals surface area (Å²) in [6, 6.07) is 5.83. The second-order valence-corrected chi connectivity index (χ2v) is 6.50. The van der Waals surface area contributed by atoms with Crippen molar-refractivity contribution in [1.29, 1.82) is 0 Å². The Bertz CT molecular complexity index is 782. The lowest BCUT2D eigenvalue weighted by atomic mass is 10.0. The standard InChI is InChI=1S/C19H25N3O3/c1-12-16(13(2)22(3)21-12)8-9-18(23)20-15-10-14-6-5-7-17(24-4)19(14)25-11-15/h5-7,15H,8-11H2,1-4H3,(H,20,23). The smallest absolute Gasteiger partial charge is 0.220 e. The molecule has 6 heteroatoms. The maximum Gasteiger partial charge on any atom is 0.220 e. The monoisotopic (exact) mass is 343 g/mol. The SMILES string of the molecule is COc1cccc2c1OCC(NC(=O)CCc1c(C)nn(C)c1C)C2. The Kier molecular flexibility index (Phi) is 4.97. The third-order valence-corrected chi connectivity index (χ3v) is 4.80. The maximum atomic E-state index is 12.3. The van der Waals surface area contributed by atoms with Gasteiger partial charge in [0.15, 0.2) is 11.5 Å². The highest BCUT2D eigenvalue weighted by atomic mass is 16.5. The van der Waals surface area contributed by atoms with Gasteiger partial charge in [-0.05, 0) is 38.3 Å². The van der Waals surface area contributed by atoms with Crippen molar-refractivity contribution in [3.8, 4) is 11.5 Å². The molecule has 0 saturated carbocycles. The zero-order valence-corrected chi connectivity index (χ0v) is 15.3. The van der Waals surface area contributed by atoms with Gasteiger partial charge >= 0.3 is 0 Å². The van der Waals surface area contributed by atoms with Gasteiger partial charge in [0.05, 0.1) is 18.8 Å². The number of aryl methyl sites for hydroxylation is 2. The van der Waals surface area contributed by atoms with Crippen molar-refractivity contribution >= 4 is 5.91 Å². The van der Waals surface area contributed by atoms with E-state index >= 15 is 0 Å². The summed E-state index contributed by atoms with van der Waals surface area (Å²) in [7, 11) is 3.56. The number of carbonyl (C=O) groups is 1. The summed E-state index contributed by atoms with van der Waals surface area (Å²) in [4.78, 5) is 12.3. The van der Waals surface area contributed by atoms with Crippen LogP contribution in [0.5, 0.6) is 11.5 Å². The number of ether oxygens (including phenoxy) is 2. The van der Waals surface area contributed by atoms with Crippen LogP contribution in [0.3, 0.4) is 0 Å². The van der Waals surface area contributed by atoms with E-state index in [-0.39, 0.29) is 11.9 Å². The highest BCUT2D eigenvalue weighted by Crippen LogP contribution is 2.34. The summed E-state index contributed by atoms with van der Waals surface area (Å²) in [5.74, 6) is 1.57. The third-order valence-electron chi connectivity index (χ3n) is 4.80. The average Bonchev–Trinajstić information content (AvgIpc) is 2.84. The lowest BCUT2D eigenvalue weighted by molar-refractivity contribution is -0.122. The van der Waals surface area contributed by atoms with E-state index in [1.165, 1.54) is 0 Å². The molecule has 1 aromatic heterocycles. The highest BCUT2D eigenvalue weighted by molar-refractivity contribution is 5.76. The Morgan fingerprint density at radius 3 is 2.92 bits per heavy atom. The zero-order chi connectivity index (χ0) is 18.0. The molecule has 1 amide bonds. The molecule has 25 heavy (non-hydrogen) atoms. The number of hydrogen-bond acceptors (Lipinski definition) is 4. The number of nitrogens with one attached hydrogen (secondary N) is 1. The van der Waals surface area contributed by atoms with Crippen molar-refractivity contribution < 1.29 is 14.3 Å². The fourth-order valence-electron chi connectivity index (χ4n) is 3.37. The number of aromatic nitrogens is 2.